The molecule has 0 aliphatic heterocycles. The van der Waals surface area contributed by atoms with Crippen LogP contribution >= 0.6 is 0 Å². The smallest absolute Gasteiger partial charge is 0.345 e. The number of carbonyl (C=O) groups excluding carboxylic acids is 2. The van der Waals surface area contributed by atoms with Crippen molar-refractivity contribution >= 4 is 11.9 Å². The van der Waals surface area contributed by atoms with Crippen LogP contribution in [-0.2, 0) is 0 Å². The van der Waals surface area contributed by atoms with E-state index in [1.807, 2.05) is 6.07 Å². The second-order valence-electron chi connectivity index (χ2n) is 6.13. The number of rotatable bonds is 5. The van der Waals surface area contributed by atoms with E-state index in [-0.39, 0.29) is 11.9 Å². The zero-order valence-corrected chi connectivity index (χ0v) is 14.0. The molecule has 0 spiro atoms. The van der Waals surface area contributed by atoms with E-state index < -0.39 is 5.97 Å². The Labute approximate surface area is 150 Å². The molecule has 2 aromatic carbocycles. The van der Waals surface area contributed by atoms with Crippen molar-refractivity contribution in [2.75, 3.05) is 0 Å². The van der Waals surface area contributed by atoms with Crippen molar-refractivity contribution in [3.8, 4) is 11.4 Å². The molecular weight excluding hydrogens is 330 g/mol. The fourth-order valence-corrected chi connectivity index (χ4v) is 2.62. The highest BCUT2D eigenvalue weighted by Crippen LogP contribution is 2.21. The average molecular weight is 347 g/mol. The molecule has 6 heteroatoms. The van der Waals surface area contributed by atoms with E-state index in [9.17, 15) is 9.59 Å². The van der Waals surface area contributed by atoms with Crippen molar-refractivity contribution in [1.29, 1.82) is 0 Å². The first-order valence-corrected chi connectivity index (χ1v) is 8.43. The summed E-state index contributed by atoms with van der Waals surface area (Å²) in [6.45, 7) is 0. The Kier molecular flexibility index (Phi) is 4.23. The van der Waals surface area contributed by atoms with E-state index in [0.717, 1.165) is 12.8 Å². The summed E-state index contributed by atoms with van der Waals surface area (Å²) < 4.78 is 7.10. The van der Waals surface area contributed by atoms with Crippen LogP contribution in [0.1, 0.15) is 33.6 Å². The van der Waals surface area contributed by atoms with Crippen LogP contribution in [0.25, 0.3) is 5.69 Å². The normalized spacial score (nSPS) is 13.2. The van der Waals surface area contributed by atoms with Crippen molar-refractivity contribution in [3.05, 3.63) is 78.1 Å². The Hall–Kier alpha value is -3.41. The number of aromatic nitrogens is 2. The van der Waals surface area contributed by atoms with E-state index in [1.165, 1.54) is 0 Å². The van der Waals surface area contributed by atoms with Crippen molar-refractivity contribution in [1.82, 2.24) is 15.1 Å². The number of hydrogen-bond donors (Lipinski definition) is 1. The van der Waals surface area contributed by atoms with Crippen molar-refractivity contribution in [3.63, 3.8) is 0 Å². The topological polar surface area (TPSA) is 73.2 Å². The van der Waals surface area contributed by atoms with Gasteiger partial charge in [-0.3, -0.25) is 4.79 Å². The van der Waals surface area contributed by atoms with Gasteiger partial charge in [0.1, 0.15) is 5.75 Å². The molecule has 1 heterocycles. The summed E-state index contributed by atoms with van der Waals surface area (Å²) in [5.41, 5.74) is 1.50. The summed E-state index contributed by atoms with van der Waals surface area (Å²) in [5, 5.41) is 7.08. The lowest BCUT2D eigenvalue weighted by atomic mass is 10.1. The van der Waals surface area contributed by atoms with E-state index in [1.54, 1.807) is 65.6 Å². The van der Waals surface area contributed by atoms with Crippen LogP contribution in [0.5, 0.6) is 5.75 Å². The summed E-state index contributed by atoms with van der Waals surface area (Å²) in [4.78, 5) is 24.8. The predicted molar refractivity (Wildman–Crippen MR) is 95.5 cm³/mol. The maximum absolute atomic E-state index is 12.6. The summed E-state index contributed by atoms with van der Waals surface area (Å²) >= 11 is 0. The highest BCUT2D eigenvalue weighted by molar-refractivity contribution is 5.96. The number of nitrogens with one attached hydrogen (secondary N) is 1. The fourth-order valence-electron chi connectivity index (χ4n) is 2.62. The molecule has 0 saturated heterocycles. The van der Waals surface area contributed by atoms with Gasteiger partial charge in [-0.1, -0.05) is 18.2 Å². The van der Waals surface area contributed by atoms with Crippen LogP contribution in [0.3, 0.4) is 0 Å². The third kappa shape index (κ3) is 3.49. The molecule has 1 aliphatic rings. The number of para-hydroxylation sites is 1. The van der Waals surface area contributed by atoms with Crippen molar-refractivity contribution in [2.45, 2.75) is 18.9 Å². The van der Waals surface area contributed by atoms with Crippen LogP contribution in [0.15, 0.2) is 67.0 Å². The first kappa shape index (κ1) is 16.1. The standard InChI is InChI=1S/C20H17N3O3/c24-19(22-15-9-10-15)14-5-3-6-16(13-14)26-20(25)17-7-1-2-8-18(17)23-12-4-11-21-23/h1-8,11-13,15H,9-10H2,(H,22,24). The van der Waals surface area contributed by atoms with E-state index in [0.29, 0.717) is 22.6 Å². The van der Waals surface area contributed by atoms with Crippen LogP contribution in [0, 0.1) is 0 Å². The Morgan fingerprint density at radius 2 is 1.92 bits per heavy atom. The van der Waals surface area contributed by atoms with Gasteiger partial charge < -0.3 is 10.1 Å². The average Bonchev–Trinajstić information content (AvgIpc) is 3.31. The van der Waals surface area contributed by atoms with Gasteiger partial charge in [-0.15, -0.1) is 0 Å². The second-order valence-corrected chi connectivity index (χ2v) is 6.13. The number of nitrogens with zero attached hydrogens (tertiary/aromatic N) is 2. The minimum atomic E-state index is -0.504. The first-order valence-electron chi connectivity index (χ1n) is 8.43. The van der Waals surface area contributed by atoms with Gasteiger partial charge in [-0.05, 0) is 49.2 Å². The summed E-state index contributed by atoms with van der Waals surface area (Å²) in [5.74, 6) is -0.327. The van der Waals surface area contributed by atoms with E-state index in [2.05, 4.69) is 10.4 Å². The summed E-state index contributed by atoms with van der Waals surface area (Å²) in [6, 6.07) is 15.8. The highest BCUT2D eigenvalue weighted by atomic mass is 16.5. The maximum atomic E-state index is 12.6. The molecule has 1 aromatic heterocycles. The number of benzene rings is 2. The zero-order valence-electron chi connectivity index (χ0n) is 14.0. The molecule has 1 saturated carbocycles. The summed E-state index contributed by atoms with van der Waals surface area (Å²) in [6.07, 6.45) is 5.44. The highest BCUT2D eigenvalue weighted by Gasteiger charge is 2.24. The lowest BCUT2D eigenvalue weighted by Crippen LogP contribution is -2.25. The minimum absolute atomic E-state index is 0.151. The number of hydrogen-bond acceptors (Lipinski definition) is 4. The molecule has 1 aliphatic carbocycles. The molecular formula is C20H17N3O3. The molecule has 1 N–H and O–H groups in total. The van der Waals surface area contributed by atoms with Gasteiger partial charge in [0.15, 0.2) is 0 Å². The Bertz CT molecular complexity index is 946. The van der Waals surface area contributed by atoms with Gasteiger partial charge in [-0.2, -0.15) is 5.10 Å². The van der Waals surface area contributed by atoms with Crippen LogP contribution in [-0.4, -0.2) is 27.7 Å². The molecule has 1 fully saturated rings. The van der Waals surface area contributed by atoms with Crippen LogP contribution in [0.4, 0.5) is 0 Å². The van der Waals surface area contributed by atoms with Gasteiger partial charge in [0.05, 0.1) is 11.3 Å². The fraction of sp³-hybridized carbons (Fsp3) is 0.150. The zero-order chi connectivity index (χ0) is 17.9. The lowest BCUT2D eigenvalue weighted by Gasteiger charge is -2.10. The van der Waals surface area contributed by atoms with Gasteiger partial charge in [-0.25, -0.2) is 9.48 Å². The van der Waals surface area contributed by atoms with E-state index >= 15 is 0 Å². The number of esters is 1. The molecule has 4 rings (SSSR count). The summed E-state index contributed by atoms with van der Waals surface area (Å²) in [7, 11) is 0. The molecule has 26 heavy (non-hydrogen) atoms. The second kappa shape index (κ2) is 6.84. The largest absolute Gasteiger partial charge is 0.423 e. The van der Waals surface area contributed by atoms with Gasteiger partial charge in [0.2, 0.25) is 0 Å². The third-order valence-corrected chi connectivity index (χ3v) is 4.09. The molecule has 0 atom stereocenters. The minimum Gasteiger partial charge on any atom is -0.423 e. The SMILES string of the molecule is O=C(NC1CC1)c1cccc(OC(=O)c2ccccc2-n2cccn2)c1. The van der Waals surface area contributed by atoms with Crippen molar-refractivity contribution in [2.24, 2.45) is 0 Å². The Morgan fingerprint density at radius 1 is 1.08 bits per heavy atom. The monoisotopic (exact) mass is 347 g/mol. The Balaban J connectivity index is 1.55. The molecule has 1 amide bonds. The van der Waals surface area contributed by atoms with Crippen LogP contribution < -0.4 is 10.1 Å². The third-order valence-electron chi connectivity index (χ3n) is 4.09. The number of carbonyl (C=O) groups is 2. The van der Waals surface area contributed by atoms with Gasteiger partial charge >= 0.3 is 5.97 Å². The molecule has 6 nitrogen and oxygen atoms in total. The Morgan fingerprint density at radius 3 is 2.69 bits per heavy atom. The van der Waals surface area contributed by atoms with Crippen LogP contribution in [0.2, 0.25) is 0 Å². The predicted octanol–water partition coefficient (Wildman–Crippen LogP) is 2.98. The lowest BCUT2D eigenvalue weighted by molar-refractivity contribution is 0.0733. The van der Waals surface area contributed by atoms with Crippen molar-refractivity contribution < 1.29 is 14.3 Å². The quantitative estimate of drug-likeness (QED) is 0.569. The number of ether oxygens (including phenoxy) is 1. The molecule has 0 bridgehead atoms. The van der Waals surface area contributed by atoms with Gasteiger partial charge in [0.25, 0.3) is 5.91 Å². The molecule has 3 aromatic rings. The van der Waals surface area contributed by atoms with E-state index in [4.69, 9.17) is 4.74 Å². The number of amides is 1. The molecule has 130 valence electrons. The maximum Gasteiger partial charge on any atom is 0.345 e. The molecule has 0 unspecified atom stereocenters. The first-order chi connectivity index (χ1) is 12.7. The molecule has 0 radical (unpaired) electrons. The van der Waals surface area contributed by atoms with Gasteiger partial charge in [0, 0.05) is 24.0 Å².